The van der Waals surface area contributed by atoms with E-state index in [2.05, 4.69) is 11.6 Å². The number of nitrogens with one attached hydrogen (secondary N) is 1. The Morgan fingerprint density at radius 2 is 1.94 bits per heavy atom. The fourth-order valence-electron chi connectivity index (χ4n) is 2.27. The van der Waals surface area contributed by atoms with Crippen molar-refractivity contribution in [1.82, 2.24) is 10.2 Å². The van der Waals surface area contributed by atoms with Gasteiger partial charge >= 0.3 is 0 Å². The van der Waals surface area contributed by atoms with Gasteiger partial charge in [-0.15, -0.1) is 0 Å². The van der Waals surface area contributed by atoms with Crippen molar-refractivity contribution in [1.29, 1.82) is 0 Å². The van der Waals surface area contributed by atoms with Gasteiger partial charge in [-0.25, -0.2) is 0 Å². The van der Waals surface area contributed by atoms with Gasteiger partial charge in [-0.05, 0) is 44.9 Å². The van der Waals surface area contributed by atoms with E-state index in [1.54, 1.807) is 4.90 Å². The molecule has 0 radical (unpaired) electrons. The summed E-state index contributed by atoms with van der Waals surface area (Å²) < 4.78 is 0. The molecule has 1 rings (SSSR count). The highest BCUT2D eigenvalue weighted by Gasteiger charge is 2.19. The van der Waals surface area contributed by atoms with Gasteiger partial charge in [-0.3, -0.25) is 4.79 Å². The summed E-state index contributed by atoms with van der Waals surface area (Å²) in [5.41, 5.74) is 0. The van der Waals surface area contributed by atoms with Crippen molar-refractivity contribution >= 4 is 17.7 Å². The van der Waals surface area contributed by atoms with Crippen LogP contribution in [0.3, 0.4) is 0 Å². The molecular weight excluding hydrogens is 232 g/mol. The third-order valence-corrected chi connectivity index (χ3v) is 4.64. The number of carbonyl (C=O) groups excluding carboxylic acids is 1. The van der Waals surface area contributed by atoms with Crippen LogP contribution in [0.25, 0.3) is 0 Å². The van der Waals surface area contributed by atoms with Crippen LogP contribution in [0.2, 0.25) is 0 Å². The third-order valence-electron chi connectivity index (χ3n) is 3.51. The summed E-state index contributed by atoms with van der Waals surface area (Å²) in [4.78, 5) is 13.0. The first kappa shape index (κ1) is 14.8. The van der Waals surface area contributed by atoms with Gasteiger partial charge in [0.2, 0.25) is 5.91 Å². The van der Waals surface area contributed by atoms with E-state index >= 15 is 0 Å². The molecule has 3 nitrogen and oxygen atoms in total. The Morgan fingerprint density at radius 1 is 1.29 bits per heavy atom. The number of thioether (sulfide) groups is 1. The van der Waals surface area contributed by atoms with Crippen molar-refractivity contribution in [3.05, 3.63) is 0 Å². The number of rotatable bonds is 6. The zero-order chi connectivity index (χ0) is 12.7. The van der Waals surface area contributed by atoms with Crippen LogP contribution >= 0.6 is 11.8 Å². The lowest BCUT2D eigenvalue weighted by molar-refractivity contribution is -0.128. The maximum absolute atomic E-state index is 11.4. The lowest BCUT2D eigenvalue weighted by Gasteiger charge is -2.28. The van der Waals surface area contributed by atoms with Crippen molar-refractivity contribution in [3.63, 3.8) is 0 Å². The predicted octanol–water partition coefficient (Wildman–Crippen LogP) is 2.12. The van der Waals surface area contributed by atoms with Gasteiger partial charge in [0, 0.05) is 31.8 Å². The Hall–Kier alpha value is -0.220. The summed E-state index contributed by atoms with van der Waals surface area (Å²) >= 11 is 2.01. The Labute approximate surface area is 110 Å². The zero-order valence-corrected chi connectivity index (χ0v) is 12.2. The fourth-order valence-corrected chi connectivity index (χ4v) is 3.02. The predicted molar refractivity (Wildman–Crippen MR) is 75.5 cm³/mol. The molecule has 100 valence electrons. The average Bonchev–Trinajstić information content (AvgIpc) is 2.35. The summed E-state index contributed by atoms with van der Waals surface area (Å²) in [6.07, 6.45) is 9.12. The average molecular weight is 258 g/mol. The van der Waals surface area contributed by atoms with Crippen LogP contribution in [0.4, 0.5) is 0 Å². The van der Waals surface area contributed by atoms with Crippen molar-refractivity contribution in [3.8, 4) is 0 Å². The second-order valence-corrected chi connectivity index (χ2v) is 6.19. The van der Waals surface area contributed by atoms with Gasteiger partial charge in [0.15, 0.2) is 0 Å². The molecule has 1 saturated carbocycles. The van der Waals surface area contributed by atoms with Crippen molar-refractivity contribution < 1.29 is 4.79 Å². The van der Waals surface area contributed by atoms with E-state index in [-0.39, 0.29) is 5.91 Å². The second kappa shape index (κ2) is 7.98. The van der Waals surface area contributed by atoms with Crippen LogP contribution in [0.15, 0.2) is 0 Å². The topological polar surface area (TPSA) is 32.3 Å². The first-order valence-corrected chi connectivity index (χ1v) is 7.88. The highest BCUT2D eigenvalue weighted by atomic mass is 32.2. The molecule has 0 atom stereocenters. The van der Waals surface area contributed by atoms with E-state index in [0.29, 0.717) is 12.5 Å². The minimum Gasteiger partial charge on any atom is -0.349 e. The van der Waals surface area contributed by atoms with Gasteiger partial charge in [0.25, 0.3) is 0 Å². The van der Waals surface area contributed by atoms with Crippen molar-refractivity contribution in [2.45, 2.75) is 49.8 Å². The summed E-state index contributed by atoms with van der Waals surface area (Å²) in [6.45, 7) is 0.980. The van der Waals surface area contributed by atoms with Crippen LogP contribution in [0.1, 0.15) is 38.5 Å². The molecule has 0 aliphatic heterocycles. The molecule has 0 bridgehead atoms. The Kier molecular flexibility index (Phi) is 6.97. The van der Waals surface area contributed by atoms with E-state index in [1.807, 2.05) is 25.9 Å². The molecule has 0 aromatic carbocycles. The quantitative estimate of drug-likeness (QED) is 0.741. The Balaban J connectivity index is 2.02. The molecule has 0 spiro atoms. The summed E-state index contributed by atoms with van der Waals surface area (Å²) in [5.74, 6) is 0.234. The highest BCUT2D eigenvalue weighted by molar-refractivity contribution is 7.99. The van der Waals surface area contributed by atoms with Crippen molar-refractivity contribution in [2.24, 2.45) is 0 Å². The molecule has 1 amide bonds. The molecule has 0 unspecified atom stereocenters. The monoisotopic (exact) mass is 258 g/mol. The number of hydrogen-bond donors (Lipinski definition) is 1. The van der Waals surface area contributed by atoms with Crippen LogP contribution in [-0.2, 0) is 4.79 Å². The van der Waals surface area contributed by atoms with Crippen LogP contribution in [0, 0.1) is 0 Å². The minimum atomic E-state index is 0.234. The highest BCUT2D eigenvalue weighted by Crippen LogP contribution is 2.26. The molecule has 17 heavy (non-hydrogen) atoms. The van der Waals surface area contributed by atoms with E-state index in [4.69, 9.17) is 0 Å². The molecule has 0 saturated heterocycles. The molecular formula is C13H26N2OS. The summed E-state index contributed by atoms with van der Waals surface area (Å²) in [6, 6.07) is 0.688. The first-order chi connectivity index (χ1) is 8.13. The lowest BCUT2D eigenvalue weighted by atomic mass is 9.95. The maximum Gasteiger partial charge on any atom is 0.222 e. The lowest BCUT2D eigenvalue weighted by Crippen LogP contribution is -2.35. The van der Waals surface area contributed by atoms with Crippen LogP contribution in [0.5, 0.6) is 0 Å². The maximum atomic E-state index is 11.4. The zero-order valence-electron chi connectivity index (χ0n) is 11.4. The normalized spacial score (nSPS) is 24.6. The van der Waals surface area contributed by atoms with Gasteiger partial charge in [-0.2, -0.15) is 11.8 Å². The van der Waals surface area contributed by atoms with Crippen LogP contribution < -0.4 is 5.32 Å². The molecule has 0 aromatic rings. The van der Waals surface area contributed by atoms with Crippen molar-refractivity contribution in [2.75, 3.05) is 26.9 Å². The molecule has 1 fully saturated rings. The van der Waals surface area contributed by atoms with E-state index in [0.717, 1.165) is 18.2 Å². The third kappa shape index (κ3) is 5.77. The van der Waals surface area contributed by atoms with Gasteiger partial charge in [-0.1, -0.05) is 0 Å². The van der Waals surface area contributed by atoms with Gasteiger partial charge < -0.3 is 10.2 Å². The van der Waals surface area contributed by atoms with E-state index < -0.39 is 0 Å². The second-order valence-electron chi connectivity index (χ2n) is 5.06. The SMILES string of the molecule is CSC1CCC(NCCCC(=O)N(C)C)CC1. The molecule has 0 heterocycles. The molecule has 1 N–H and O–H groups in total. The van der Waals surface area contributed by atoms with E-state index in [9.17, 15) is 4.79 Å². The number of amides is 1. The number of nitrogens with zero attached hydrogens (tertiary/aromatic N) is 1. The van der Waals surface area contributed by atoms with Gasteiger partial charge in [0.1, 0.15) is 0 Å². The number of hydrogen-bond acceptors (Lipinski definition) is 3. The standard InChI is InChI=1S/C13H26N2OS/c1-15(2)13(16)5-4-10-14-11-6-8-12(17-3)9-7-11/h11-12,14H,4-10H2,1-3H3. The molecule has 0 aromatic heterocycles. The Bertz CT molecular complexity index is 225. The molecule has 1 aliphatic rings. The molecule has 4 heteroatoms. The van der Waals surface area contributed by atoms with E-state index in [1.165, 1.54) is 25.7 Å². The summed E-state index contributed by atoms with van der Waals surface area (Å²) in [7, 11) is 3.64. The Morgan fingerprint density at radius 3 is 2.47 bits per heavy atom. The van der Waals surface area contributed by atoms with Crippen LogP contribution in [-0.4, -0.2) is 49.0 Å². The fraction of sp³-hybridized carbons (Fsp3) is 0.923. The number of carbonyl (C=O) groups is 1. The molecule has 1 aliphatic carbocycles. The smallest absolute Gasteiger partial charge is 0.222 e. The minimum absolute atomic E-state index is 0.234. The van der Waals surface area contributed by atoms with Gasteiger partial charge in [0.05, 0.1) is 0 Å². The summed E-state index contributed by atoms with van der Waals surface area (Å²) in [5, 5.41) is 4.46. The largest absolute Gasteiger partial charge is 0.349 e. The first-order valence-electron chi connectivity index (χ1n) is 6.59.